The minimum Gasteiger partial charge on any atom is -0.497 e. The van der Waals surface area contributed by atoms with E-state index < -0.39 is 0 Å². The maximum atomic E-state index is 12.2. The molecule has 0 aliphatic heterocycles. The number of hydrogen-bond acceptors (Lipinski definition) is 5. The van der Waals surface area contributed by atoms with Gasteiger partial charge in [-0.25, -0.2) is 9.48 Å². The number of methoxy groups -OCH3 is 1. The van der Waals surface area contributed by atoms with E-state index in [2.05, 4.69) is 6.07 Å². The molecular formula is C35H37ClN2O4. The van der Waals surface area contributed by atoms with Crippen molar-refractivity contribution in [3.63, 3.8) is 0 Å². The van der Waals surface area contributed by atoms with Gasteiger partial charge in [-0.1, -0.05) is 49.1 Å². The highest BCUT2D eigenvalue weighted by Gasteiger charge is 2.22. The number of carbonyl (C=O) groups excluding carboxylic acids is 1. The first-order valence-corrected chi connectivity index (χ1v) is 14.9. The molecule has 1 saturated carbocycles. The van der Waals surface area contributed by atoms with E-state index in [0.29, 0.717) is 29.7 Å². The Hall–Kier alpha value is -4.03. The van der Waals surface area contributed by atoms with Gasteiger partial charge in [-0.2, -0.15) is 5.10 Å². The normalized spacial score (nSPS) is 14.0. The molecule has 218 valence electrons. The number of benzene rings is 3. The van der Waals surface area contributed by atoms with E-state index in [1.54, 1.807) is 14.0 Å². The first-order chi connectivity index (χ1) is 20.4. The van der Waals surface area contributed by atoms with E-state index in [1.165, 1.54) is 25.0 Å². The van der Waals surface area contributed by atoms with Crippen LogP contribution in [0.5, 0.6) is 11.5 Å². The lowest BCUT2D eigenvalue weighted by molar-refractivity contribution is -0.138. The Morgan fingerprint density at radius 1 is 0.976 bits per heavy atom. The van der Waals surface area contributed by atoms with Crippen LogP contribution in [0, 0.1) is 0 Å². The van der Waals surface area contributed by atoms with Gasteiger partial charge in [0.15, 0.2) is 0 Å². The van der Waals surface area contributed by atoms with Gasteiger partial charge in [0.2, 0.25) is 0 Å². The fourth-order valence-electron chi connectivity index (χ4n) is 5.48. The summed E-state index contributed by atoms with van der Waals surface area (Å²) in [5, 5.41) is 5.60. The number of hydrogen-bond donors (Lipinski definition) is 0. The monoisotopic (exact) mass is 584 g/mol. The molecule has 1 aliphatic carbocycles. The van der Waals surface area contributed by atoms with E-state index in [4.69, 9.17) is 30.9 Å². The minimum absolute atomic E-state index is 0.317. The highest BCUT2D eigenvalue weighted by atomic mass is 35.5. The van der Waals surface area contributed by atoms with Crippen LogP contribution in [0.1, 0.15) is 68.8 Å². The van der Waals surface area contributed by atoms with Crippen molar-refractivity contribution in [2.45, 2.75) is 58.5 Å². The van der Waals surface area contributed by atoms with Crippen LogP contribution in [0.15, 0.2) is 78.4 Å². The van der Waals surface area contributed by atoms with Crippen molar-refractivity contribution in [3.8, 4) is 28.3 Å². The largest absolute Gasteiger partial charge is 0.497 e. The van der Waals surface area contributed by atoms with Gasteiger partial charge in [-0.3, -0.25) is 0 Å². The third-order valence-corrected chi connectivity index (χ3v) is 7.94. The van der Waals surface area contributed by atoms with Crippen molar-refractivity contribution < 1.29 is 19.0 Å². The summed E-state index contributed by atoms with van der Waals surface area (Å²) in [6, 6.07) is 23.9. The molecule has 1 heterocycles. The molecule has 0 amide bonds. The SMILES string of the molecule is CCOC(=O)/C(C)=C/c1cc(C2CCCCC2)n(-c2ccc(OCc3cc(OC)ccc3-c3ccc(Cl)cc3)cc2)n1. The molecule has 4 aromatic rings. The molecule has 5 rings (SSSR count). The minimum atomic E-state index is -0.317. The van der Waals surface area contributed by atoms with Crippen LogP contribution in [-0.2, 0) is 16.1 Å². The van der Waals surface area contributed by atoms with E-state index in [9.17, 15) is 4.79 Å². The predicted octanol–water partition coefficient (Wildman–Crippen LogP) is 8.79. The summed E-state index contributed by atoms with van der Waals surface area (Å²) in [6.45, 7) is 4.31. The van der Waals surface area contributed by atoms with Crippen molar-refractivity contribution >= 4 is 23.6 Å². The maximum absolute atomic E-state index is 12.2. The molecule has 3 aromatic carbocycles. The van der Waals surface area contributed by atoms with Gasteiger partial charge < -0.3 is 14.2 Å². The molecule has 0 N–H and O–H groups in total. The van der Waals surface area contributed by atoms with Crippen LogP contribution in [0.3, 0.4) is 0 Å². The van der Waals surface area contributed by atoms with Crippen LogP contribution >= 0.6 is 11.6 Å². The summed E-state index contributed by atoms with van der Waals surface area (Å²) in [4.78, 5) is 12.2. The zero-order valence-corrected chi connectivity index (χ0v) is 25.2. The molecule has 0 atom stereocenters. The average molecular weight is 585 g/mol. The lowest BCUT2D eigenvalue weighted by Crippen LogP contribution is -2.11. The number of esters is 1. The average Bonchev–Trinajstić information content (AvgIpc) is 3.45. The number of nitrogens with zero attached hydrogens (tertiary/aromatic N) is 2. The van der Waals surface area contributed by atoms with Gasteiger partial charge in [-0.05, 0) is 98.5 Å². The van der Waals surface area contributed by atoms with Gasteiger partial charge in [0.05, 0.1) is 25.1 Å². The van der Waals surface area contributed by atoms with Gasteiger partial charge in [-0.15, -0.1) is 0 Å². The summed E-state index contributed by atoms with van der Waals surface area (Å²) in [6.07, 6.45) is 7.81. The van der Waals surface area contributed by atoms with Crippen molar-refractivity contribution in [3.05, 3.63) is 100 Å². The number of aromatic nitrogens is 2. The molecule has 0 radical (unpaired) electrons. The van der Waals surface area contributed by atoms with Crippen molar-refractivity contribution in [1.82, 2.24) is 9.78 Å². The molecular weight excluding hydrogens is 548 g/mol. The van der Waals surface area contributed by atoms with Crippen LogP contribution in [0.4, 0.5) is 0 Å². The molecule has 1 fully saturated rings. The van der Waals surface area contributed by atoms with Crippen LogP contribution in [-0.4, -0.2) is 29.5 Å². The Labute approximate surface area is 252 Å². The highest BCUT2D eigenvalue weighted by Crippen LogP contribution is 2.35. The zero-order chi connectivity index (χ0) is 29.5. The van der Waals surface area contributed by atoms with Crippen LogP contribution in [0.2, 0.25) is 5.02 Å². The van der Waals surface area contributed by atoms with E-state index in [0.717, 1.165) is 52.4 Å². The fourth-order valence-corrected chi connectivity index (χ4v) is 5.61. The highest BCUT2D eigenvalue weighted by molar-refractivity contribution is 6.30. The van der Waals surface area contributed by atoms with Crippen molar-refractivity contribution in [2.24, 2.45) is 0 Å². The number of carbonyl (C=O) groups is 1. The maximum Gasteiger partial charge on any atom is 0.333 e. The zero-order valence-electron chi connectivity index (χ0n) is 24.4. The third-order valence-electron chi connectivity index (χ3n) is 7.68. The quantitative estimate of drug-likeness (QED) is 0.138. The molecule has 6 nitrogen and oxygen atoms in total. The fraction of sp³-hybridized carbons (Fsp3) is 0.314. The molecule has 7 heteroatoms. The van der Waals surface area contributed by atoms with Gasteiger partial charge >= 0.3 is 5.97 Å². The Morgan fingerprint density at radius 3 is 2.38 bits per heavy atom. The second-order valence-corrected chi connectivity index (χ2v) is 11.0. The first kappa shape index (κ1) is 29.5. The lowest BCUT2D eigenvalue weighted by atomic mass is 9.86. The van der Waals surface area contributed by atoms with E-state index in [1.807, 2.05) is 84.4 Å². The summed E-state index contributed by atoms with van der Waals surface area (Å²) in [5.41, 5.74) is 6.57. The predicted molar refractivity (Wildman–Crippen MR) is 167 cm³/mol. The Kier molecular flexibility index (Phi) is 9.65. The van der Waals surface area contributed by atoms with Crippen molar-refractivity contribution in [2.75, 3.05) is 13.7 Å². The lowest BCUT2D eigenvalue weighted by Gasteiger charge is -2.22. The second kappa shape index (κ2) is 13.8. The molecule has 0 saturated heterocycles. The van der Waals surface area contributed by atoms with E-state index in [-0.39, 0.29) is 5.97 Å². The number of halogens is 1. The Morgan fingerprint density at radius 2 is 1.69 bits per heavy atom. The van der Waals surface area contributed by atoms with Gasteiger partial charge in [0, 0.05) is 27.8 Å². The molecule has 0 bridgehead atoms. The molecule has 1 aromatic heterocycles. The van der Waals surface area contributed by atoms with Crippen LogP contribution in [0.25, 0.3) is 22.9 Å². The topological polar surface area (TPSA) is 62.6 Å². The second-order valence-electron chi connectivity index (χ2n) is 10.6. The summed E-state index contributed by atoms with van der Waals surface area (Å²) < 4.78 is 18.9. The number of rotatable bonds is 10. The number of ether oxygens (including phenoxy) is 3. The first-order valence-electron chi connectivity index (χ1n) is 14.6. The molecule has 1 aliphatic rings. The summed E-state index contributed by atoms with van der Waals surface area (Å²) in [7, 11) is 1.66. The Balaban J connectivity index is 1.38. The van der Waals surface area contributed by atoms with Crippen molar-refractivity contribution in [1.29, 1.82) is 0 Å². The standard InChI is InChI=1S/C35H37ClN2O4/c1-4-41-35(39)24(2)20-29-22-34(26-8-6-5-7-9-26)38(37-29)30-14-16-31(17-15-30)42-23-27-21-32(40-3)18-19-33(27)25-10-12-28(36)13-11-25/h10-22,26H,4-9,23H2,1-3H3/b24-20+. The van der Waals surface area contributed by atoms with Gasteiger partial charge in [0.25, 0.3) is 0 Å². The van der Waals surface area contributed by atoms with Crippen LogP contribution < -0.4 is 9.47 Å². The molecule has 42 heavy (non-hydrogen) atoms. The van der Waals surface area contributed by atoms with E-state index >= 15 is 0 Å². The van der Waals surface area contributed by atoms with Gasteiger partial charge in [0.1, 0.15) is 18.1 Å². The molecule has 0 spiro atoms. The Bertz CT molecular complexity index is 1530. The summed E-state index contributed by atoms with van der Waals surface area (Å²) in [5.74, 6) is 1.65. The summed E-state index contributed by atoms with van der Waals surface area (Å²) >= 11 is 6.11. The molecule has 0 unspecified atom stereocenters. The smallest absolute Gasteiger partial charge is 0.333 e. The third kappa shape index (κ3) is 7.05.